The van der Waals surface area contributed by atoms with Crippen LogP contribution < -0.4 is 4.90 Å². The molecule has 0 atom stereocenters. The van der Waals surface area contributed by atoms with Crippen LogP contribution in [-0.4, -0.2) is 24.0 Å². The van der Waals surface area contributed by atoms with Crippen molar-refractivity contribution in [3.05, 3.63) is 27.4 Å². The second kappa shape index (κ2) is 3.61. The summed E-state index contributed by atoms with van der Waals surface area (Å²) in [5, 5.41) is 10.6. The Kier molecular flexibility index (Phi) is 2.69. The van der Waals surface area contributed by atoms with E-state index in [4.69, 9.17) is 0 Å². The van der Waals surface area contributed by atoms with Crippen molar-refractivity contribution >= 4 is 11.5 Å². The fraction of sp³-hybridized carbons (Fsp3) is 0.444. The van der Waals surface area contributed by atoms with E-state index in [0.717, 1.165) is 11.4 Å². The van der Waals surface area contributed by atoms with Crippen molar-refractivity contribution in [3.63, 3.8) is 0 Å². The van der Waals surface area contributed by atoms with Gasteiger partial charge in [0.05, 0.1) is 4.92 Å². The first-order valence-electron chi connectivity index (χ1n) is 4.23. The van der Waals surface area contributed by atoms with Gasteiger partial charge >= 0.3 is 0 Å². The van der Waals surface area contributed by atoms with E-state index in [1.807, 2.05) is 25.9 Å². The average molecular weight is 195 g/mol. The van der Waals surface area contributed by atoms with Gasteiger partial charge in [-0.2, -0.15) is 0 Å². The van der Waals surface area contributed by atoms with Gasteiger partial charge in [-0.15, -0.1) is 0 Å². The summed E-state index contributed by atoms with van der Waals surface area (Å²) in [7, 11) is 3.72. The van der Waals surface area contributed by atoms with E-state index < -0.39 is 4.92 Å². The Labute approximate surface area is 82.5 Å². The highest BCUT2D eigenvalue weighted by atomic mass is 16.6. The first-order chi connectivity index (χ1) is 6.43. The normalized spacial score (nSPS) is 10.0. The first kappa shape index (κ1) is 10.4. The van der Waals surface area contributed by atoms with E-state index in [1.165, 1.54) is 0 Å². The molecular weight excluding hydrogens is 182 g/mol. The molecule has 1 aromatic heterocycles. The highest BCUT2D eigenvalue weighted by molar-refractivity contribution is 5.52. The van der Waals surface area contributed by atoms with Crippen molar-refractivity contribution in [1.29, 1.82) is 0 Å². The van der Waals surface area contributed by atoms with E-state index in [-0.39, 0.29) is 5.69 Å². The maximum atomic E-state index is 10.6. The number of rotatable bonds is 2. The van der Waals surface area contributed by atoms with Gasteiger partial charge < -0.3 is 4.90 Å². The summed E-state index contributed by atoms with van der Waals surface area (Å²) in [6, 6.07) is 1.55. The van der Waals surface area contributed by atoms with E-state index in [2.05, 4.69) is 4.98 Å². The molecule has 0 aromatic carbocycles. The maximum Gasteiger partial charge on any atom is 0.290 e. The molecule has 0 saturated heterocycles. The van der Waals surface area contributed by atoms with Gasteiger partial charge in [0.2, 0.25) is 0 Å². The lowest BCUT2D eigenvalue weighted by atomic mass is 10.2. The Morgan fingerprint density at radius 2 is 2.00 bits per heavy atom. The lowest BCUT2D eigenvalue weighted by Crippen LogP contribution is -2.13. The number of hydrogen-bond acceptors (Lipinski definition) is 4. The summed E-state index contributed by atoms with van der Waals surface area (Å²) < 4.78 is 0. The Morgan fingerprint density at radius 1 is 1.43 bits per heavy atom. The van der Waals surface area contributed by atoms with Crippen LogP contribution in [0.1, 0.15) is 11.3 Å². The Balaban J connectivity index is 3.31. The Bertz CT molecular complexity index is 375. The molecular formula is C9H13N3O2. The van der Waals surface area contributed by atoms with E-state index in [0.29, 0.717) is 5.69 Å². The number of nitrogens with zero attached hydrogens (tertiary/aromatic N) is 3. The van der Waals surface area contributed by atoms with Crippen LogP contribution in [0.3, 0.4) is 0 Å². The number of anilines is 1. The van der Waals surface area contributed by atoms with Crippen LogP contribution in [0.25, 0.3) is 0 Å². The molecule has 1 aromatic rings. The smallest absolute Gasteiger partial charge is 0.290 e. The lowest BCUT2D eigenvalue weighted by Gasteiger charge is -2.14. The molecule has 0 amide bonds. The molecule has 1 heterocycles. The summed E-state index contributed by atoms with van der Waals surface area (Å²) >= 11 is 0. The molecule has 0 fully saturated rings. The highest BCUT2D eigenvalue weighted by Gasteiger charge is 2.15. The van der Waals surface area contributed by atoms with Gasteiger partial charge in [0, 0.05) is 20.2 Å². The van der Waals surface area contributed by atoms with E-state index >= 15 is 0 Å². The maximum absolute atomic E-state index is 10.6. The van der Waals surface area contributed by atoms with Crippen LogP contribution in [0.15, 0.2) is 6.07 Å². The van der Waals surface area contributed by atoms with Gasteiger partial charge in [0.1, 0.15) is 11.5 Å². The van der Waals surface area contributed by atoms with Crippen molar-refractivity contribution in [2.45, 2.75) is 13.8 Å². The number of aromatic nitrogens is 1. The minimum atomic E-state index is -0.408. The molecule has 0 saturated carbocycles. The average Bonchev–Trinajstić information content (AvgIpc) is 2.07. The summed E-state index contributed by atoms with van der Waals surface area (Å²) in [4.78, 5) is 16.2. The van der Waals surface area contributed by atoms with Crippen LogP contribution in [0.2, 0.25) is 0 Å². The topological polar surface area (TPSA) is 59.3 Å². The molecule has 0 aliphatic heterocycles. The Morgan fingerprint density at radius 3 is 2.43 bits per heavy atom. The summed E-state index contributed by atoms with van der Waals surface area (Å²) in [5.41, 5.74) is 1.34. The van der Waals surface area contributed by atoms with Gasteiger partial charge in [0.25, 0.3) is 5.69 Å². The third kappa shape index (κ3) is 1.81. The zero-order chi connectivity index (χ0) is 10.9. The molecule has 14 heavy (non-hydrogen) atoms. The standard InChI is InChI=1S/C9H13N3O2/c1-6-5-8(12(13)14)7(2)10-9(6)11(3)4/h5H,1-4H3. The summed E-state index contributed by atoms with van der Waals surface area (Å²) in [6.45, 7) is 3.46. The van der Waals surface area contributed by atoms with Gasteiger partial charge in [-0.1, -0.05) is 0 Å². The van der Waals surface area contributed by atoms with Gasteiger partial charge in [-0.25, -0.2) is 4.98 Å². The van der Waals surface area contributed by atoms with Crippen molar-refractivity contribution in [1.82, 2.24) is 4.98 Å². The van der Waals surface area contributed by atoms with Crippen LogP contribution >= 0.6 is 0 Å². The number of pyridine rings is 1. The first-order valence-corrected chi connectivity index (χ1v) is 4.23. The van der Waals surface area contributed by atoms with Crippen molar-refractivity contribution in [3.8, 4) is 0 Å². The third-order valence-electron chi connectivity index (χ3n) is 1.97. The minimum Gasteiger partial charge on any atom is -0.363 e. The monoisotopic (exact) mass is 195 g/mol. The zero-order valence-corrected chi connectivity index (χ0v) is 8.74. The van der Waals surface area contributed by atoms with Crippen molar-refractivity contribution in [2.24, 2.45) is 0 Å². The summed E-state index contributed by atoms with van der Waals surface area (Å²) in [5.74, 6) is 0.771. The molecule has 0 aliphatic carbocycles. The highest BCUT2D eigenvalue weighted by Crippen LogP contribution is 2.23. The number of hydrogen-bond donors (Lipinski definition) is 0. The fourth-order valence-electron chi connectivity index (χ4n) is 1.32. The molecule has 76 valence electrons. The van der Waals surface area contributed by atoms with Gasteiger partial charge in [-0.3, -0.25) is 10.1 Å². The van der Waals surface area contributed by atoms with Crippen LogP contribution in [-0.2, 0) is 0 Å². The van der Waals surface area contributed by atoms with E-state index in [1.54, 1.807) is 13.0 Å². The van der Waals surface area contributed by atoms with E-state index in [9.17, 15) is 10.1 Å². The minimum absolute atomic E-state index is 0.0769. The van der Waals surface area contributed by atoms with Crippen LogP contribution in [0, 0.1) is 24.0 Å². The van der Waals surface area contributed by atoms with Crippen LogP contribution in [0.5, 0.6) is 0 Å². The molecule has 0 aliphatic rings. The number of nitro groups is 1. The van der Waals surface area contributed by atoms with Crippen molar-refractivity contribution < 1.29 is 4.92 Å². The third-order valence-corrected chi connectivity index (χ3v) is 1.97. The predicted octanol–water partition coefficient (Wildman–Crippen LogP) is 1.67. The largest absolute Gasteiger partial charge is 0.363 e. The second-order valence-corrected chi connectivity index (χ2v) is 3.38. The predicted molar refractivity (Wildman–Crippen MR) is 54.7 cm³/mol. The lowest BCUT2D eigenvalue weighted by molar-refractivity contribution is -0.385. The SMILES string of the molecule is Cc1cc([N+](=O)[O-])c(C)nc1N(C)C. The molecule has 0 unspecified atom stereocenters. The number of aryl methyl sites for hydroxylation is 2. The fourth-order valence-corrected chi connectivity index (χ4v) is 1.32. The molecule has 0 radical (unpaired) electrons. The molecule has 0 spiro atoms. The van der Waals surface area contributed by atoms with Gasteiger partial charge in [0.15, 0.2) is 0 Å². The molecule has 0 N–H and O–H groups in total. The molecule has 5 nitrogen and oxygen atoms in total. The summed E-state index contributed by atoms with van der Waals surface area (Å²) in [6.07, 6.45) is 0. The van der Waals surface area contributed by atoms with Crippen molar-refractivity contribution in [2.75, 3.05) is 19.0 Å². The van der Waals surface area contributed by atoms with Gasteiger partial charge in [-0.05, 0) is 19.4 Å². The molecule has 5 heteroatoms. The quantitative estimate of drug-likeness (QED) is 0.532. The van der Waals surface area contributed by atoms with Crippen LogP contribution in [0.4, 0.5) is 11.5 Å². The molecule has 0 bridgehead atoms. The zero-order valence-electron chi connectivity index (χ0n) is 8.74. The Hall–Kier alpha value is -1.65. The second-order valence-electron chi connectivity index (χ2n) is 3.38. The molecule has 1 rings (SSSR count).